The highest BCUT2D eigenvalue weighted by atomic mass is 32.5. The minimum Gasteiger partial charge on any atom is -0.780 e. The SMILES string of the molecule is CCOP([O-])(=S)OCC.O=c1oc2cc(O)ccc2c2c1CCCC2. The van der Waals surface area contributed by atoms with Gasteiger partial charge in [-0.2, -0.15) is 0 Å². The fourth-order valence-corrected chi connectivity index (χ4v) is 4.13. The maximum absolute atomic E-state index is 11.7. The summed E-state index contributed by atoms with van der Waals surface area (Å²) in [6.45, 7) is 0.999. The first-order valence-electron chi connectivity index (χ1n) is 8.25. The van der Waals surface area contributed by atoms with Gasteiger partial charge in [0.2, 0.25) is 0 Å². The summed E-state index contributed by atoms with van der Waals surface area (Å²) < 4.78 is 14.5. The van der Waals surface area contributed by atoms with Crippen LogP contribution in [0.3, 0.4) is 0 Å². The molecule has 0 spiro atoms. The molecule has 0 unspecified atom stereocenters. The molecule has 0 saturated carbocycles. The molecule has 1 aliphatic rings. The monoisotopic (exact) mass is 385 g/mol. The van der Waals surface area contributed by atoms with E-state index in [1.54, 1.807) is 19.9 Å². The van der Waals surface area contributed by atoms with Crippen LogP contribution in [0.2, 0.25) is 0 Å². The van der Waals surface area contributed by atoms with Gasteiger partial charge in [-0.1, -0.05) is 11.8 Å². The Kier molecular flexibility index (Phi) is 7.16. The van der Waals surface area contributed by atoms with E-state index in [0.29, 0.717) is 18.8 Å². The van der Waals surface area contributed by atoms with Gasteiger partial charge in [-0.3, -0.25) is 0 Å². The lowest BCUT2D eigenvalue weighted by molar-refractivity contribution is -0.205. The third-order valence-electron chi connectivity index (χ3n) is 3.78. The number of rotatable bonds is 4. The highest BCUT2D eigenvalue weighted by molar-refractivity contribution is 8.06. The van der Waals surface area contributed by atoms with E-state index in [4.69, 9.17) is 4.42 Å². The zero-order chi connectivity index (χ0) is 18.4. The van der Waals surface area contributed by atoms with Crippen LogP contribution in [0, 0.1) is 0 Å². The number of hydrogen-bond donors (Lipinski definition) is 1. The Balaban J connectivity index is 0.000000217. The maximum atomic E-state index is 11.7. The molecule has 6 nitrogen and oxygen atoms in total. The first kappa shape index (κ1) is 20.1. The molecule has 1 aromatic carbocycles. The molecule has 138 valence electrons. The minimum atomic E-state index is -3.11. The minimum absolute atomic E-state index is 0.131. The molecule has 0 bridgehead atoms. The van der Waals surface area contributed by atoms with Crippen LogP contribution in [-0.2, 0) is 33.7 Å². The summed E-state index contributed by atoms with van der Waals surface area (Å²) in [6.07, 6.45) is 3.92. The van der Waals surface area contributed by atoms with E-state index in [2.05, 4.69) is 20.9 Å². The average molecular weight is 385 g/mol. The number of aryl methyl sites for hydroxylation is 1. The summed E-state index contributed by atoms with van der Waals surface area (Å²) in [4.78, 5) is 22.5. The highest BCUT2D eigenvalue weighted by Crippen LogP contribution is 2.37. The van der Waals surface area contributed by atoms with Crippen LogP contribution >= 0.6 is 6.72 Å². The fraction of sp³-hybridized carbons (Fsp3) is 0.471. The van der Waals surface area contributed by atoms with Crippen molar-refractivity contribution in [3.63, 3.8) is 0 Å². The highest BCUT2D eigenvalue weighted by Gasteiger charge is 2.17. The first-order valence-corrected chi connectivity index (χ1v) is 10.8. The summed E-state index contributed by atoms with van der Waals surface area (Å²) in [5.41, 5.74) is 2.18. The number of phenols is 1. The summed E-state index contributed by atoms with van der Waals surface area (Å²) in [6, 6.07) is 4.97. The Morgan fingerprint density at radius 2 is 1.80 bits per heavy atom. The number of fused-ring (bicyclic) bond motifs is 3. The van der Waals surface area contributed by atoms with E-state index in [9.17, 15) is 14.8 Å². The fourth-order valence-electron chi connectivity index (χ4n) is 2.79. The standard InChI is InChI=1S/C13H12O3.C4H11O3PS/c14-8-5-6-10-9-3-1-2-4-11(9)13(15)16-12(10)7-8;1-3-6-8(5,9)7-4-2/h5-7,14H,1-4H2;3-4H2,1-2H3,(H,5,9)/p-1. The molecular formula is C17H22O6PS-. The molecule has 0 atom stereocenters. The lowest BCUT2D eigenvalue weighted by Gasteiger charge is -2.25. The third kappa shape index (κ3) is 5.36. The molecule has 0 saturated heterocycles. The van der Waals surface area contributed by atoms with Crippen molar-refractivity contribution in [2.24, 2.45) is 0 Å². The third-order valence-corrected chi connectivity index (χ3v) is 5.56. The van der Waals surface area contributed by atoms with Gasteiger partial charge in [0.15, 0.2) is 0 Å². The largest absolute Gasteiger partial charge is 0.780 e. The lowest BCUT2D eigenvalue weighted by atomic mass is 9.91. The van der Waals surface area contributed by atoms with E-state index >= 15 is 0 Å². The predicted molar refractivity (Wildman–Crippen MR) is 98.3 cm³/mol. The van der Waals surface area contributed by atoms with Crippen molar-refractivity contribution < 1.29 is 23.5 Å². The van der Waals surface area contributed by atoms with Crippen molar-refractivity contribution in [3.05, 3.63) is 39.7 Å². The van der Waals surface area contributed by atoms with Gasteiger partial charge in [0.1, 0.15) is 18.1 Å². The van der Waals surface area contributed by atoms with E-state index < -0.39 is 6.72 Å². The van der Waals surface area contributed by atoms with Gasteiger partial charge in [-0.25, -0.2) is 4.79 Å². The molecule has 0 aliphatic heterocycles. The molecule has 25 heavy (non-hydrogen) atoms. The zero-order valence-electron chi connectivity index (χ0n) is 14.3. The Bertz CT molecular complexity index is 822. The summed E-state index contributed by atoms with van der Waals surface area (Å²) in [5, 5.41) is 10.3. The van der Waals surface area contributed by atoms with Crippen LogP contribution in [-0.4, -0.2) is 18.3 Å². The van der Waals surface area contributed by atoms with Crippen molar-refractivity contribution in [2.45, 2.75) is 39.5 Å². The van der Waals surface area contributed by atoms with Crippen molar-refractivity contribution >= 4 is 29.5 Å². The Morgan fingerprint density at radius 3 is 2.40 bits per heavy atom. The van der Waals surface area contributed by atoms with Gasteiger partial charge in [-0.05, 0) is 57.2 Å². The number of benzene rings is 1. The summed E-state index contributed by atoms with van der Waals surface area (Å²) >= 11 is 4.45. The van der Waals surface area contributed by atoms with E-state index in [0.717, 1.165) is 42.2 Å². The van der Waals surface area contributed by atoms with E-state index in [-0.39, 0.29) is 11.4 Å². The quantitative estimate of drug-likeness (QED) is 0.639. The Morgan fingerprint density at radius 1 is 1.20 bits per heavy atom. The number of hydrogen-bond acceptors (Lipinski definition) is 7. The molecule has 1 aliphatic carbocycles. The second kappa shape index (κ2) is 8.92. The lowest BCUT2D eigenvalue weighted by Crippen LogP contribution is -2.15. The topological polar surface area (TPSA) is 92.0 Å². The van der Waals surface area contributed by atoms with Crippen molar-refractivity contribution in [1.29, 1.82) is 0 Å². The van der Waals surface area contributed by atoms with Crippen molar-refractivity contribution in [2.75, 3.05) is 13.2 Å². The Labute approximate surface area is 151 Å². The molecule has 8 heteroatoms. The van der Waals surface area contributed by atoms with Gasteiger partial charge in [0.25, 0.3) is 0 Å². The van der Waals surface area contributed by atoms with Gasteiger partial charge < -0.3 is 23.5 Å². The van der Waals surface area contributed by atoms with Gasteiger partial charge in [0.05, 0.1) is 13.2 Å². The average Bonchev–Trinajstić information content (AvgIpc) is 2.55. The molecule has 1 heterocycles. The predicted octanol–water partition coefficient (Wildman–Crippen LogP) is 3.02. The van der Waals surface area contributed by atoms with Crippen molar-refractivity contribution in [1.82, 2.24) is 0 Å². The number of aromatic hydroxyl groups is 1. The van der Waals surface area contributed by atoms with Crippen LogP contribution in [0.25, 0.3) is 11.0 Å². The smallest absolute Gasteiger partial charge is 0.339 e. The van der Waals surface area contributed by atoms with Crippen LogP contribution in [0.1, 0.15) is 37.8 Å². The molecule has 0 amide bonds. The van der Waals surface area contributed by atoms with Crippen LogP contribution in [0.4, 0.5) is 0 Å². The second-order valence-corrected chi connectivity index (χ2v) is 8.27. The molecule has 0 fully saturated rings. The van der Waals surface area contributed by atoms with Crippen LogP contribution in [0.5, 0.6) is 5.75 Å². The van der Waals surface area contributed by atoms with Crippen molar-refractivity contribution in [3.8, 4) is 5.75 Å². The van der Waals surface area contributed by atoms with Gasteiger partial charge in [0, 0.05) is 17.0 Å². The molecule has 1 N–H and O–H groups in total. The maximum Gasteiger partial charge on any atom is 0.339 e. The number of phenolic OH excluding ortho intramolecular Hbond substituents is 1. The summed E-state index contributed by atoms with van der Waals surface area (Å²) in [5.74, 6) is 0.131. The summed E-state index contributed by atoms with van der Waals surface area (Å²) in [7, 11) is 0. The molecule has 3 rings (SSSR count). The molecule has 2 aromatic rings. The first-order chi connectivity index (χ1) is 11.9. The van der Waals surface area contributed by atoms with Gasteiger partial charge >= 0.3 is 5.63 Å². The molecule has 1 aromatic heterocycles. The normalized spacial score (nSPS) is 13.9. The zero-order valence-corrected chi connectivity index (χ0v) is 16.0. The van der Waals surface area contributed by atoms with Crippen LogP contribution in [0.15, 0.2) is 27.4 Å². The Hall–Kier alpha value is -1.24. The van der Waals surface area contributed by atoms with Crippen LogP contribution < -0.4 is 10.5 Å². The molecular weight excluding hydrogens is 363 g/mol. The second-order valence-electron chi connectivity index (χ2n) is 5.52. The molecule has 0 radical (unpaired) electrons. The van der Waals surface area contributed by atoms with Gasteiger partial charge in [-0.15, -0.1) is 0 Å². The van der Waals surface area contributed by atoms with E-state index in [1.165, 1.54) is 6.07 Å². The van der Waals surface area contributed by atoms with E-state index in [1.807, 2.05) is 6.07 Å².